The van der Waals surface area contributed by atoms with Gasteiger partial charge >= 0.3 is 6.03 Å². The molecule has 1 fully saturated rings. The Balaban J connectivity index is 2.25. The van der Waals surface area contributed by atoms with E-state index >= 15 is 0 Å². The van der Waals surface area contributed by atoms with Crippen molar-refractivity contribution in [3.63, 3.8) is 0 Å². The van der Waals surface area contributed by atoms with E-state index in [1.165, 1.54) is 0 Å². The number of ether oxygens (including phenoxy) is 1. The Bertz CT molecular complexity index is 240. The van der Waals surface area contributed by atoms with Gasteiger partial charge in [0.1, 0.15) is 24.5 Å². The molecule has 0 aromatic carbocycles. The lowest BCUT2D eigenvalue weighted by molar-refractivity contribution is -0.0326. The van der Waals surface area contributed by atoms with Crippen molar-refractivity contribution in [3.8, 4) is 0 Å². The number of nitrogens with two attached hydrogens (primary N) is 1. The van der Waals surface area contributed by atoms with Crippen molar-refractivity contribution in [3.05, 3.63) is 0 Å². The molecule has 0 spiro atoms. The van der Waals surface area contributed by atoms with E-state index in [0.717, 1.165) is 0 Å². The first kappa shape index (κ1) is 13.1. The molecule has 0 aromatic rings. The summed E-state index contributed by atoms with van der Waals surface area (Å²) in [6.07, 6.45) is -3.78. The van der Waals surface area contributed by atoms with Gasteiger partial charge in [0.15, 0.2) is 0 Å². The van der Waals surface area contributed by atoms with Crippen LogP contribution in [-0.2, 0) is 4.74 Å². The lowest BCUT2D eigenvalue weighted by Gasteiger charge is -2.16. The molecule has 2 amide bonds. The summed E-state index contributed by atoms with van der Waals surface area (Å²) < 4.78 is 5.14. The summed E-state index contributed by atoms with van der Waals surface area (Å²) in [6.45, 7) is 0.243. The highest BCUT2D eigenvalue weighted by molar-refractivity contribution is 5.71. The topological polar surface area (TPSA) is 137 Å². The summed E-state index contributed by atoms with van der Waals surface area (Å²) in [4.78, 5) is 10.3. The van der Waals surface area contributed by atoms with Crippen molar-refractivity contribution in [2.24, 2.45) is 5.73 Å². The highest BCUT2D eigenvalue weighted by Gasteiger charge is 2.41. The first-order valence-corrected chi connectivity index (χ1v) is 4.95. The Kier molecular flexibility index (Phi) is 4.90. The minimum absolute atomic E-state index is 0.280. The van der Waals surface area contributed by atoms with E-state index in [9.17, 15) is 15.0 Å². The van der Waals surface area contributed by atoms with Gasteiger partial charge in [0.05, 0.1) is 6.61 Å². The highest BCUT2D eigenvalue weighted by Crippen LogP contribution is 2.18. The Labute approximate surface area is 92.4 Å². The Morgan fingerprint density at radius 1 is 1.31 bits per heavy atom. The zero-order valence-corrected chi connectivity index (χ0v) is 8.67. The number of amides is 2. The van der Waals surface area contributed by atoms with Gasteiger partial charge in [-0.2, -0.15) is 0 Å². The van der Waals surface area contributed by atoms with Gasteiger partial charge in [-0.3, -0.25) is 5.32 Å². The summed E-state index contributed by atoms with van der Waals surface area (Å²) in [6, 6.07) is -0.636. The number of hydrogen-bond acceptors (Lipinski definition) is 6. The minimum Gasteiger partial charge on any atom is -0.394 e. The molecular formula is C8H17N3O5. The van der Waals surface area contributed by atoms with Crippen LogP contribution >= 0.6 is 0 Å². The summed E-state index contributed by atoms with van der Waals surface area (Å²) in [7, 11) is 0. The lowest BCUT2D eigenvalue weighted by Crippen LogP contribution is -2.44. The second-order valence-electron chi connectivity index (χ2n) is 3.50. The molecule has 0 aliphatic carbocycles. The van der Waals surface area contributed by atoms with Gasteiger partial charge in [-0.15, -0.1) is 0 Å². The second-order valence-corrected chi connectivity index (χ2v) is 3.50. The molecule has 1 aliphatic heterocycles. The number of primary amides is 1. The fourth-order valence-corrected chi connectivity index (χ4v) is 1.47. The van der Waals surface area contributed by atoms with Crippen LogP contribution in [0.25, 0.3) is 0 Å². The van der Waals surface area contributed by atoms with Crippen LogP contribution < -0.4 is 16.4 Å². The molecule has 4 atom stereocenters. The van der Waals surface area contributed by atoms with Gasteiger partial charge in [-0.05, 0) is 0 Å². The molecule has 1 heterocycles. The number of rotatable bonds is 5. The Hall–Kier alpha value is -0.930. The molecule has 0 aromatic heterocycles. The van der Waals surface area contributed by atoms with Crippen LogP contribution in [-0.4, -0.2) is 65.6 Å². The van der Waals surface area contributed by atoms with Crippen molar-refractivity contribution in [2.45, 2.75) is 24.5 Å². The van der Waals surface area contributed by atoms with E-state index in [-0.39, 0.29) is 13.2 Å². The third-order valence-corrected chi connectivity index (χ3v) is 2.31. The number of urea groups is 1. The Morgan fingerprint density at radius 2 is 2.00 bits per heavy atom. The molecule has 1 aliphatic rings. The maximum Gasteiger partial charge on any atom is 0.312 e. The third kappa shape index (κ3) is 3.29. The maximum atomic E-state index is 10.3. The predicted molar refractivity (Wildman–Crippen MR) is 53.3 cm³/mol. The highest BCUT2D eigenvalue weighted by atomic mass is 16.6. The molecule has 0 radical (unpaired) electrons. The number of carbonyl (C=O) groups is 1. The monoisotopic (exact) mass is 235 g/mol. The summed E-state index contributed by atoms with van der Waals surface area (Å²) in [5.41, 5.74) is 4.85. The zero-order valence-electron chi connectivity index (χ0n) is 8.67. The van der Waals surface area contributed by atoms with Crippen LogP contribution in [0, 0.1) is 0 Å². The summed E-state index contributed by atoms with van der Waals surface area (Å²) in [5.74, 6) is 0. The van der Waals surface area contributed by atoms with Gasteiger partial charge in [0, 0.05) is 13.1 Å². The molecule has 0 saturated carbocycles. The molecule has 1 saturated heterocycles. The SMILES string of the molecule is NC(=O)NCCN[C@@H]1O[C@H](CO)[C@@H](O)[C@H]1O. The molecule has 0 bridgehead atoms. The third-order valence-electron chi connectivity index (χ3n) is 2.31. The number of nitrogens with one attached hydrogen (secondary N) is 2. The molecule has 7 N–H and O–H groups in total. The fourth-order valence-electron chi connectivity index (χ4n) is 1.47. The van der Waals surface area contributed by atoms with Crippen LogP contribution in [0.5, 0.6) is 0 Å². The summed E-state index contributed by atoms with van der Waals surface area (Å²) >= 11 is 0. The van der Waals surface area contributed by atoms with Crippen molar-refractivity contribution < 1.29 is 24.9 Å². The minimum atomic E-state index is -1.12. The molecule has 8 nitrogen and oxygen atoms in total. The maximum absolute atomic E-state index is 10.3. The average molecular weight is 235 g/mol. The van der Waals surface area contributed by atoms with E-state index in [1.807, 2.05) is 0 Å². The Morgan fingerprint density at radius 3 is 2.50 bits per heavy atom. The molecule has 1 rings (SSSR count). The van der Waals surface area contributed by atoms with E-state index < -0.39 is 30.6 Å². The number of hydrogen-bond donors (Lipinski definition) is 6. The fraction of sp³-hybridized carbons (Fsp3) is 0.875. The van der Waals surface area contributed by atoms with Crippen LogP contribution in [0.3, 0.4) is 0 Å². The van der Waals surface area contributed by atoms with Crippen molar-refractivity contribution in [2.75, 3.05) is 19.7 Å². The van der Waals surface area contributed by atoms with E-state index in [1.54, 1.807) is 0 Å². The lowest BCUT2D eigenvalue weighted by atomic mass is 10.1. The molecule has 0 unspecified atom stereocenters. The van der Waals surface area contributed by atoms with Crippen molar-refractivity contribution in [1.82, 2.24) is 10.6 Å². The second kappa shape index (κ2) is 5.97. The zero-order chi connectivity index (χ0) is 12.1. The van der Waals surface area contributed by atoms with Crippen LogP contribution in [0.2, 0.25) is 0 Å². The van der Waals surface area contributed by atoms with Crippen LogP contribution in [0.4, 0.5) is 4.79 Å². The molecule has 16 heavy (non-hydrogen) atoms. The first-order valence-electron chi connectivity index (χ1n) is 4.95. The van der Waals surface area contributed by atoms with Gasteiger partial charge in [0.2, 0.25) is 0 Å². The van der Waals surface area contributed by atoms with Crippen LogP contribution in [0.1, 0.15) is 0 Å². The van der Waals surface area contributed by atoms with Crippen LogP contribution in [0.15, 0.2) is 0 Å². The summed E-state index contributed by atoms with van der Waals surface area (Å²) in [5, 5.41) is 32.8. The number of aliphatic hydroxyl groups excluding tert-OH is 3. The number of aliphatic hydroxyl groups is 3. The normalized spacial score (nSPS) is 33.9. The van der Waals surface area contributed by atoms with Gasteiger partial charge < -0.3 is 31.1 Å². The van der Waals surface area contributed by atoms with Crippen molar-refractivity contribution in [1.29, 1.82) is 0 Å². The smallest absolute Gasteiger partial charge is 0.312 e. The van der Waals surface area contributed by atoms with Crippen molar-refractivity contribution >= 4 is 6.03 Å². The molecule has 8 heteroatoms. The van der Waals surface area contributed by atoms with Gasteiger partial charge in [-0.25, -0.2) is 4.79 Å². The standard InChI is InChI=1S/C8H17N3O5/c9-8(15)11-2-1-10-7-6(14)5(13)4(3-12)16-7/h4-7,10,12-14H,1-3H2,(H3,9,11,15)/t4-,5-,6-,7-/m1/s1. The quantitative estimate of drug-likeness (QED) is 0.276. The van der Waals surface area contributed by atoms with Gasteiger partial charge in [-0.1, -0.05) is 0 Å². The molecule has 94 valence electrons. The predicted octanol–water partition coefficient (Wildman–Crippen LogP) is -3.32. The molecular weight excluding hydrogens is 218 g/mol. The van der Waals surface area contributed by atoms with E-state index in [4.69, 9.17) is 15.6 Å². The van der Waals surface area contributed by atoms with Gasteiger partial charge in [0.25, 0.3) is 0 Å². The first-order chi connectivity index (χ1) is 7.56. The van der Waals surface area contributed by atoms with E-state index in [0.29, 0.717) is 6.54 Å². The largest absolute Gasteiger partial charge is 0.394 e. The van der Waals surface area contributed by atoms with E-state index in [2.05, 4.69) is 10.6 Å². The number of carbonyl (C=O) groups excluding carboxylic acids is 1. The average Bonchev–Trinajstić information content (AvgIpc) is 2.51.